The van der Waals surface area contributed by atoms with E-state index in [4.69, 9.17) is 0 Å². The highest BCUT2D eigenvalue weighted by molar-refractivity contribution is 6.03. The number of amides is 1. The Balaban J connectivity index is 1.49. The summed E-state index contributed by atoms with van der Waals surface area (Å²) < 4.78 is 15.0. The quantitative estimate of drug-likeness (QED) is 0.611. The molecule has 4 rings (SSSR count). The third kappa shape index (κ3) is 4.15. The summed E-state index contributed by atoms with van der Waals surface area (Å²) in [5.74, 6) is 1.06. The molecule has 9 heteroatoms. The second kappa shape index (κ2) is 8.57. The molecule has 0 aliphatic carbocycles. The van der Waals surface area contributed by atoms with Crippen molar-refractivity contribution in [1.82, 2.24) is 19.7 Å². The van der Waals surface area contributed by atoms with Crippen LogP contribution >= 0.6 is 0 Å². The topological polar surface area (TPSA) is 88.0 Å². The Morgan fingerprint density at radius 2 is 1.91 bits per heavy atom. The van der Waals surface area contributed by atoms with Gasteiger partial charge in [0.2, 0.25) is 11.9 Å². The number of aromatic nitrogens is 4. The molecule has 0 bridgehead atoms. The van der Waals surface area contributed by atoms with Gasteiger partial charge in [0.25, 0.3) is 0 Å². The van der Waals surface area contributed by atoms with Gasteiger partial charge >= 0.3 is 0 Å². The average Bonchev–Trinajstić information content (AvgIpc) is 3.22. The molecule has 1 amide bonds. The first kappa shape index (κ1) is 21.7. The molecule has 2 aromatic heterocycles. The first-order chi connectivity index (χ1) is 15.2. The van der Waals surface area contributed by atoms with Crippen LogP contribution in [-0.2, 0) is 11.3 Å². The Kier molecular flexibility index (Phi) is 5.82. The lowest BCUT2D eigenvalue weighted by Crippen LogP contribution is -2.49. The summed E-state index contributed by atoms with van der Waals surface area (Å²) in [5.41, 5.74) is 3.31. The van der Waals surface area contributed by atoms with Crippen molar-refractivity contribution in [2.45, 2.75) is 46.3 Å². The van der Waals surface area contributed by atoms with Gasteiger partial charge in [-0.25, -0.2) is 9.37 Å². The van der Waals surface area contributed by atoms with Crippen molar-refractivity contribution in [2.75, 3.05) is 22.6 Å². The number of fused-ring (bicyclic) bond motifs is 1. The Labute approximate surface area is 186 Å². The first-order valence-corrected chi connectivity index (χ1v) is 10.7. The van der Waals surface area contributed by atoms with Crippen LogP contribution in [-0.4, -0.2) is 38.7 Å². The second-order valence-electron chi connectivity index (χ2n) is 8.53. The van der Waals surface area contributed by atoms with Crippen LogP contribution in [0.5, 0.6) is 0 Å². The molecule has 1 aliphatic heterocycles. The Morgan fingerprint density at radius 1 is 1.19 bits per heavy atom. The van der Waals surface area contributed by atoms with Crippen molar-refractivity contribution in [3.8, 4) is 0 Å². The van der Waals surface area contributed by atoms with Crippen LogP contribution in [0.2, 0.25) is 0 Å². The molecular weight excluding hydrogens is 409 g/mol. The second-order valence-corrected chi connectivity index (χ2v) is 8.53. The zero-order valence-electron chi connectivity index (χ0n) is 18.9. The molecule has 0 radical (unpaired) electrons. The number of hydrogen-bond acceptors (Lipinski definition) is 6. The van der Waals surface area contributed by atoms with E-state index < -0.39 is 0 Å². The monoisotopic (exact) mass is 437 g/mol. The molecule has 8 nitrogen and oxygen atoms in total. The Morgan fingerprint density at radius 3 is 2.59 bits per heavy atom. The molecular formula is C23H28FN7O. The number of nitrogens with zero attached hydrogens (tertiary/aromatic N) is 5. The van der Waals surface area contributed by atoms with E-state index in [-0.39, 0.29) is 29.7 Å². The van der Waals surface area contributed by atoms with E-state index in [9.17, 15) is 9.18 Å². The minimum absolute atomic E-state index is 0.0168. The zero-order chi connectivity index (χ0) is 23.0. The highest BCUT2D eigenvalue weighted by Gasteiger charge is 2.35. The van der Waals surface area contributed by atoms with E-state index in [0.717, 1.165) is 11.1 Å². The summed E-state index contributed by atoms with van der Waals surface area (Å²) in [6.45, 7) is 8.41. The van der Waals surface area contributed by atoms with Gasteiger partial charge in [0.15, 0.2) is 5.82 Å². The summed E-state index contributed by atoms with van der Waals surface area (Å²) in [7, 11) is 1.89. The number of nitrogens with one attached hydrogen (secondary N) is 2. The third-order valence-electron chi connectivity index (χ3n) is 5.83. The number of hydrogen-bond donors (Lipinski definition) is 2. The van der Waals surface area contributed by atoms with Crippen molar-refractivity contribution in [2.24, 2.45) is 5.92 Å². The molecule has 2 N–H and O–H groups in total. The van der Waals surface area contributed by atoms with Crippen molar-refractivity contribution in [1.29, 1.82) is 0 Å². The van der Waals surface area contributed by atoms with Crippen molar-refractivity contribution in [3.63, 3.8) is 0 Å². The van der Waals surface area contributed by atoms with Gasteiger partial charge in [0, 0.05) is 25.4 Å². The molecule has 0 spiro atoms. The summed E-state index contributed by atoms with van der Waals surface area (Å²) in [6, 6.07) is 6.15. The van der Waals surface area contributed by atoms with Gasteiger partial charge in [-0.1, -0.05) is 26.0 Å². The number of carbonyl (C=O) groups excluding carboxylic acids is 1. The van der Waals surface area contributed by atoms with Gasteiger partial charge in [0.1, 0.15) is 17.5 Å². The van der Waals surface area contributed by atoms with E-state index in [1.807, 2.05) is 50.5 Å². The first-order valence-electron chi connectivity index (χ1n) is 10.7. The SMILES string of the molecule is Cc1nc(NCc2cnn([C@H](C)c3ccc(F)cc3)c2)nc2c1NC(=O)C(C(C)C)N2C. The lowest BCUT2D eigenvalue weighted by atomic mass is 9.99. The van der Waals surface area contributed by atoms with Gasteiger partial charge in [-0.2, -0.15) is 10.1 Å². The lowest BCUT2D eigenvalue weighted by molar-refractivity contribution is -0.118. The smallest absolute Gasteiger partial charge is 0.247 e. The van der Waals surface area contributed by atoms with Crippen molar-refractivity contribution in [3.05, 3.63) is 59.3 Å². The van der Waals surface area contributed by atoms with E-state index >= 15 is 0 Å². The van der Waals surface area contributed by atoms with Crippen molar-refractivity contribution < 1.29 is 9.18 Å². The molecule has 0 fully saturated rings. The van der Waals surface area contributed by atoms with E-state index in [0.29, 0.717) is 29.7 Å². The minimum Gasteiger partial charge on any atom is -0.350 e. The van der Waals surface area contributed by atoms with Crippen molar-refractivity contribution >= 4 is 23.4 Å². The van der Waals surface area contributed by atoms with Gasteiger partial charge < -0.3 is 15.5 Å². The number of aryl methyl sites for hydroxylation is 1. The summed E-state index contributed by atoms with van der Waals surface area (Å²) in [4.78, 5) is 23.6. The fourth-order valence-corrected chi connectivity index (χ4v) is 4.05. The van der Waals surface area contributed by atoms with E-state index in [1.165, 1.54) is 12.1 Å². The third-order valence-corrected chi connectivity index (χ3v) is 5.83. The van der Waals surface area contributed by atoms with Gasteiger partial charge in [0.05, 0.1) is 17.9 Å². The van der Waals surface area contributed by atoms with E-state index in [1.54, 1.807) is 18.3 Å². The molecule has 3 aromatic rings. The molecule has 2 atom stereocenters. The molecule has 0 saturated carbocycles. The van der Waals surface area contributed by atoms with Crippen LogP contribution < -0.4 is 15.5 Å². The Hall–Kier alpha value is -3.49. The Bertz CT molecular complexity index is 1130. The lowest BCUT2D eigenvalue weighted by Gasteiger charge is -2.36. The minimum atomic E-state index is -0.282. The van der Waals surface area contributed by atoms with Crippen LogP contribution in [0.1, 0.15) is 43.6 Å². The number of likely N-dealkylation sites (N-methyl/N-ethyl adjacent to an activating group) is 1. The number of carbonyl (C=O) groups is 1. The summed E-state index contributed by atoms with van der Waals surface area (Å²) in [6.07, 6.45) is 3.74. The highest BCUT2D eigenvalue weighted by atomic mass is 19.1. The zero-order valence-corrected chi connectivity index (χ0v) is 18.9. The van der Waals surface area contributed by atoms with Crippen LogP contribution in [0.25, 0.3) is 0 Å². The maximum Gasteiger partial charge on any atom is 0.247 e. The van der Waals surface area contributed by atoms with Gasteiger partial charge in [-0.15, -0.1) is 0 Å². The molecule has 32 heavy (non-hydrogen) atoms. The fraction of sp³-hybridized carbons (Fsp3) is 0.391. The van der Waals surface area contributed by atoms with Crippen LogP contribution in [0.4, 0.5) is 21.8 Å². The molecule has 0 saturated heterocycles. The standard InChI is InChI=1S/C23H28FN7O/c1-13(2)20-22(32)28-19-14(3)27-23(29-21(19)30(20)5)25-10-16-11-26-31(12-16)15(4)17-6-8-18(24)9-7-17/h6-9,11-13,15,20H,10H2,1-5H3,(H,28,32)(H,25,27,29)/t15-,20?/m1/s1. The molecule has 1 aliphatic rings. The number of benzene rings is 1. The number of anilines is 3. The normalized spacial score (nSPS) is 16.7. The molecule has 168 valence electrons. The van der Waals surface area contributed by atoms with E-state index in [2.05, 4.69) is 25.7 Å². The van der Waals surface area contributed by atoms with Crippen LogP contribution in [0.15, 0.2) is 36.7 Å². The maximum absolute atomic E-state index is 13.2. The largest absolute Gasteiger partial charge is 0.350 e. The molecule has 1 aromatic carbocycles. The van der Waals surface area contributed by atoms with Crippen LogP contribution in [0, 0.1) is 18.7 Å². The summed E-state index contributed by atoms with van der Waals surface area (Å²) in [5, 5.41) is 10.7. The molecule has 3 heterocycles. The highest BCUT2D eigenvalue weighted by Crippen LogP contribution is 2.34. The molecule has 1 unspecified atom stereocenters. The predicted molar refractivity (Wildman–Crippen MR) is 122 cm³/mol. The number of halogens is 1. The number of rotatable bonds is 6. The predicted octanol–water partition coefficient (Wildman–Crippen LogP) is 3.75. The van der Waals surface area contributed by atoms with Gasteiger partial charge in [-0.3, -0.25) is 9.48 Å². The van der Waals surface area contributed by atoms with Crippen LogP contribution in [0.3, 0.4) is 0 Å². The average molecular weight is 438 g/mol. The fourth-order valence-electron chi connectivity index (χ4n) is 4.05. The maximum atomic E-state index is 13.2. The van der Waals surface area contributed by atoms with Gasteiger partial charge in [-0.05, 0) is 37.5 Å². The summed E-state index contributed by atoms with van der Waals surface area (Å²) >= 11 is 0.